The smallest absolute Gasteiger partial charge is 0.338 e. The third kappa shape index (κ3) is 4.48. The molecule has 0 N–H and O–H groups in total. The summed E-state index contributed by atoms with van der Waals surface area (Å²) in [5.74, 6) is -0.443. The standard InChI is InChI=1S/C20H23NO5S/c1-15-5-11-19(12-6-15)27(23,24)21(2)17-9-7-16(8-10-17)20(22)26-14-18-4-3-13-25-18/h5-12,18H,3-4,13-14H2,1-2H3. The number of hydrogen-bond acceptors (Lipinski definition) is 5. The number of carbonyl (C=O) groups is 1. The molecule has 0 amide bonds. The zero-order valence-corrected chi connectivity index (χ0v) is 16.2. The molecular weight excluding hydrogens is 366 g/mol. The molecular formula is C20H23NO5S. The van der Waals surface area contributed by atoms with Crippen LogP contribution in [0.4, 0.5) is 5.69 Å². The number of hydrogen-bond donors (Lipinski definition) is 0. The monoisotopic (exact) mass is 389 g/mol. The van der Waals surface area contributed by atoms with Crippen LogP contribution in [0.1, 0.15) is 28.8 Å². The van der Waals surface area contributed by atoms with Crippen LogP contribution in [-0.2, 0) is 19.5 Å². The fraction of sp³-hybridized carbons (Fsp3) is 0.350. The van der Waals surface area contributed by atoms with Gasteiger partial charge >= 0.3 is 5.97 Å². The quantitative estimate of drug-likeness (QED) is 0.710. The van der Waals surface area contributed by atoms with Gasteiger partial charge in [-0.2, -0.15) is 0 Å². The van der Waals surface area contributed by atoms with E-state index in [-0.39, 0.29) is 17.6 Å². The molecule has 0 radical (unpaired) electrons. The van der Waals surface area contributed by atoms with Crippen LogP contribution >= 0.6 is 0 Å². The molecule has 144 valence electrons. The van der Waals surface area contributed by atoms with E-state index in [0.717, 1.165) is 18.4 Å². The fourth-order valence-corrected chi connectivity index (χ4v) is 4.04. The number of carbonyl (C=O) groups excluding carboxylic acids is 1. The highest BCUT2D eigenvalue weighted by atomic mass is 32.2. The van der Waals surface area contributed by atoms with Gasteiger partial charge in [-0.25, -0.2) is 13.2 Å². The molecule has 1 saturated heterocycles. The molecule has 3 rings (SSSR count). The molecule has 27 heavy (non-hydrogen) atoms. The molecule has 1 unspecified atom stereocenters. The molecule has 1 atom stereocenters. The summed E-state index contributed by atoms with van der Waals surface area (Å²) < 4.78 is 37.3. The van der Waals surface area contributed by atoms with Gasteiger partial charge in [0.2, 0.25) is 0 Å². The van der Waals surface area contributed by atoms with Crippen molar-refractivity contribution in [2.24, 2.45) is 0 Å². The largest absolute Gasteiger partial charge is 0.459 e. The first-order valence-corrected chi connectivity index (χ1v) is 10.3. The number of benzene rings is 2. The Balaban J connectivity index is 1.68. The van der Waals surface area contributed by atoms with E-state index in [1.54, 1.807) is 48.5 Å². The summed E-state index contributed by atoms with van der Waals surface area (Å²) in [6, 6.07) is 13.0. The number of esters is 1. The van der Waals surface area contributed by atoms with Crippen molar-refractivity contribution >= 4 is 21.7 Å². The molecule has 2 aromatic carbocycles. The zero-order chi connectivity index (χ0) is 19.4. The van der Waals surface area contributed by atoms with Crippen molar-refractivity contribution in [2.45, 2.75) is 30.8 Å². The number of nitrogens with zero attached hydrogens (tertiary/aromatic N) is 1. The van der Waals surface area contributed by atoms with Crippen molar-refractivity contribution in [2.75, 3.05) is 24.6 Å². The maximum Gasteiger partial charge on any atom is 0.338 e. The van der Waals surface area contributed by atoms with Crippen LogP contribution in [0.2, 0.25) is 0 Å². The summed E-state index contributed by atoms with van der Waals surface area (Å²) in [7, 11) is -2.18. The minimum atomic E-state index is -3.66. The van der Waals surface area contributed by atoms with E-state index in [0.29, 0.717) is 17.9 Å². The second-order valence-corrected chi connectivity index (χ2v) is 8.54. The topological polar surface area (TPSA) is 72.9 Å². The lowest BCUT2D eigenvalue weighted by Crippen LogP contribution is -2.26. The fourth-order valence-electron chi connectivity index (χ4n) is 2.84. The number of rotatable bonds is 6. The molecule has 0 spiro atoms. The lowest BCUT2D eigenvalue weighted by atomic mass is 10.2. The molecule has 1 heterocycles. The first-order valence-electron chi connectivity index (χ1n) is 8.82. The summed E-state index contributed by atoms with van der Waals surface area (Å²) >= 11 is 0. The first kappa shape index (κ1) is 19.4. The van der Waals surface area contributed by atoms with Crippen molar-refractivity contribution in [3.63, 3.8) is 0 Å². The average Bonchev–Trinajstić information content (AvgIpc) is 3.19. The highest BCUT2D eigenvalue weighted by molar-refractivity contribution is 7.92. The van der Waals surface area contributed by atoms with E-state index in [9.17, 15) is 13.2 Å². The zero-order valence-electron chi connectivity index (χ0n) is 15.4. The van der Waals surface area contributed by atoms with Crippen molar-refractivity contribution in [1.82, 2.24) is 0 Å². The second-order valence-electron chi connectivity index (χ2n) is 6.57. The van der Waals surface area contributed by atoms with Gasteiger partial charge in [-0.3, -0.25) is 4.31 Å². The minimum Gasteiger partial charge on any atom is -0.459 e. The van der Waals surface area contributed by atoms with Crippen LogP contribution in [-0.4, -0.2) is 40.8 Å². The first-order chi connectivity index (χ1) is 12.9. The van der Waals surface area contributed by atoms with Gasteiger partial charge in [-0.15, -0.1) is 0 Å². The lowest BCUT2D eigenvalue weighted by molar-refractivity contribution is 0.0161. The van der Waals surface area contributed by atoms with E-state index >= 15 is 0 Å². The van der Waals surface area contributed by atoms with Gasteiger partial charge in [0.05, 0.1) is 22.3 Å². The van der Waals surface area contributed by atoms with Crippen molar-refractivity contribution in [3.8, 4) is 0 Å². The normalized spacial score (nSPS) is 16.9. The summed E-state index contributed by atoms with van der Waals surface area (Å²) in [4.78, 5) is 12.3. The minimum absolute atomic E-state index is 0.0287. The van der Waals surface area contributed by atoms with Gasteiger partial charge in [-0.05, 0) is 56.2 Å². The number of ether oxygens (including phenoxy) is 2. The Labute approximate surface area is 159 Å². The van der Waals surface area contributed by atoms with Crippen molar-refractivity contribution < 1.29 is 22.7 Å². The van der Waals surface area contributed by atoms with E-state index in [4.69, 9.17) is 9.47 Å². The molecule has 0 aromatic heterocycles. The van der Waals surface area contributed by atoms with Gasteiger partial charge in [0.25, 0.3) is 10.0 Å². The summed E-state index contributed by atoms with van der Waals surface area (Å²) in [5.41, 5.74) is 1.83. The molecule has 2 aromatic rings. The Morgan fingerprint density at radius 2 is 1.81 bits per heavy atom. The van der Waals surface area contributed by atoms with E-state index in [2.05, 4.69) is 0 Å². The molecule has 6 nitrogen and oxygen atoms in total. The van der Waals surface area contributed by atoms with Crippen LogP contribution in [0.15, 0.2) is 53.4 Å². The summed E-state index contributed by atoms with van der Waals surface area (Å²) in [6.07, 6.45) is 1.85. The molecule has 0 saturated carbocycles. The maximum absolute atomic E-state index is 12.7. The third-order valence-electron chi connectivity index (χ3n) is 4.57. The number of aryl methyl sites for hydroxylation is 1. The van der Waals surface area contributed by atoms with Crippen molar-refractivity contribution in [3.05, 3.63) is 59.7 Å². The van der Waals surface area contributed by atoms with Gasteiger partial charge in [-0.1, -0.05) is 17.7 Å². The van der Waals surface area contributed by atoms with Crippen LogP contribution in [0.5, 0.6) is 0 Å². The molecule has 1 fully saturated rings. The average molecular weight is 389 g/mol. The highest BCUT2D eigenvalue weighted by Crippen LogP contribution is 2.23. The van der Waals surface area contributed by atoms with Gasteiger partial charge < -0.3 is 9.47 Å². The Morgan fingerprint density at radius 1 is 1.15 bits per heavy atom. The van der Waals surface area contributed by atoms with Gasteiger partial charge in [0.15, 0.2) is 0 Å². The van der Waals surface area contributed by atoms with E-state index in [1.807, 2.05) is 6.92 Å². The van der Waals surface area contributed by atoms with Crippen LogP contribution in [0.3, 0.4) is 0 Å². The molecule has 1 aliphatic heterocycles. The van der Waals surface area contributed by atoms with Crippen LogP contribution < -0.4 is 4.31 Å². The lowest BCUT2D eigenvalue weighted by Gasteiger charge is -2.20. The second kappa shape index (κ2) is 8.10. The Hall–Kier alpha value is -2.38. The highest BCUT2D eigenvalue weighted by Gasteiger charge is 2.22. The summed E-state index contributed by atoms with van der Waals surface area (Å²) in [6.45, 7) is 2.84. The Morgan fingerprint density at radius 3 is 2.41 bits per heavy atom. The van der Waals surface area contributed by atoms with Gasteiger partial charge in [0.1, 0.15) is 6.61 Å². The summed E-state index contributed by atoms with van der Waals surface area (Å²) in [5, 5.41) is 0. The Bertz CT molecular complexity index is 885. The van der Waals surface area contributed by atoms with E-state index < -0.39 is 16.0 Å². The number of sulfonamides is 1. The predicted octanol–water partition coefficient (Wildman–Crippen LogP) is 3.16. The SMILES string of the molecule is Cc1ccc(S(=O)(=O)N(C)c2ccc(C(=O)OCC3CCCO3)cc2)cc1. The number of anilines is 1. The van der Waals surface area contributed by atoms with Crippen LogP contribution in [0, 0.1) is 6.92 Å². The van der Waals surface area contributed by atoms with Gasteiger partial charge in [0, 0.05) is 13.7 Å². The third-order valence-corrected chi connectivity index (χ3v) is 6.37. The maximum atomic E-state index is 12.7. The van der Waals surface area contributed by atoms with Crippen molar-refractivity contribution in [1.29, 1.82) is 0 Å². The molecule has 1 aliphatic rings. The predicted molar refractivity (Wildman–Crippen MR) is 102 cm³/mol. The molecule has 0 aliphatic carbocycles. The van der Waals surface area contributed by atoms with E-state index in [1.165, 1.54) is 11.4 Å². The van der Waals surface area contributed by atoms with Crippen LogP contribution in [0.25, 0.3) is 0 Å². The Kier molecular flexibility index (Phi) is 5.82. The molecule has 0 bridgehead atoms. The molecule has 7 heteroatoms.